The van der Waals surface area contributed by atoms with Crippen molar-refractivity contribution in [3.8, 4) is 0 Å². The lowest BCUT2D eigenvalue weighted by Crippen LogP contribution is -2.35. The normalized spacial score (nSPS) is 10.4. The van der Waals surface area contributed by atoms with Crippen LogP contribution in [0.15, 0.2) is 34.9 Å². The molecule has 140 valence electrons. The third kappa shape index (κ3) is 5.61. The third-order valence-electron chi connectivity index (χ3n) is 3.70. The standard InChI is InChI=1S/C19H26N4O3/c1-4-9-20-18(24)16-13-26-17(22-16)12-23(10-5-2)19(25)21-15-8-6-7-14(3)11-15/h6-8,11,13H,4-5,9-10,12H2,1-3H3,(H,20,24)(H,21,25). The average molecular weight is 358 g/mol. The molecule has 0 atom stereocenters. The molecule has 0 radical (unpaired) electrons. The van der Waals surface area contributed by atoms with Crippen LogP contribution in [0.4, 0.5) is 10.5 Å². The number of rotatable bonds is 8. The first kappa shape index (κ1) is 19.5. The molecule has 3 amide bonds. The van der Waals surface area contributed by atoms with Gasteiger partial charge in [0.25, 0.3) is 5.91 Å². The van der Waals surface area contributed by atoms with Gasteiger partial charge in [-0.25, -0.2) is 9.78 Å². The Morgan fingerprint density at radius 1 is 1.23 bits per heavy atom. The molecule has 0 saturated heterocycles. The maximum Gasteiger partial charge on any atom is 0.322 e. The highest BCUT2D eigenvalue weighted by Gasteiger charge is 2.18. The molecule has 7 nitrogen and oxygen atoms in total. The minimum atomic E-state index is -0.270. The van der Waals surface area contributed by atoms with E-state index in [9.17, 15) is 9.59 Å². The number of aryl methyl sites for hydroxylation is 1. The number of carbonyl (C=O) groups is 2. The van der Waals surface area contributed by atoms with Gasteiger partial charge >= 0.3 is 6.03 Å². The van der Waals surface area contributed by atoms with Gasteiger partial charge in [-0.3, -0.25) is 4.79 Å². The van der Waals surface area contributed by atoms with Gasteiger partial charge in [0.05, 0.1) is 6.54 Å². The van der Waals surface area contributed by atoms with Crippen molar-refractivity contribution in [2.45, 2.75) is 40.2 Å². The van der Waals surface area contributed by atoms with E-state index in [0.717, 1.165) is 24.1 Å². The molecule has 0 bridgehead atoms. The molecule has 1 aromatic heterocycles. The molecule has 0 aliphatic carbocycles. The SMILES string of the molecule is CCCNC(=O)c1coc(CN(CCC)C(=O)Nc2cccc(C)c2)n1. The van der Waals surface area contributed by atoms with Gasteiger partial charge in [-0.1, -0.05) is 26.0 Å². The Bertz CT molecular complexity index is 742. The molecule has 0 spiro atoms. The topological polar surface area (TPSA) is 87.5 Å². The Morgan fingerprint density at radius 3 is 2.73 bits per heavy atom. The summed E-state index contributed by atoms with van der Waals surface area (Å²) >= 11 is 0. The molecule has 0 aliphatic rings. The highest BCUT2D eigenvalue weighted by Crippen LogP contribution is 2.13. The van der Waals surface area contributed by atoms with Crippen LogP contribution in [-0.4, -0.2) is 34.9 Å². The Hall–Kier alpha value is -2.83. The Morgan fingerprint density at radius 2 is 2.04 bits per heavy atom. The quantitative estimate of drug-likeness (QED) is 0.755. The van der Waals surface area contributed by atoms with Gasteiger partial charge in [0.2, 0.25) is 5.89 Å². The van der Waals surface area contributed by atoms with Crippen LogP contribution >= 0.6 is 0 Å². The number of oxazole rings is 1. The molecule has 7 heteroatoms. The maximum absolute atomic E-state index is 12.6. The van der Waals surface area contributed by atoms with Crippen molar-refractivity contribution in [1.82, 2.24) is 15.2 Å². The van der Waals surface area contributed by atoms with Gasteiger partial charge in [0.15, 0.2) is 5.69 Å². The van der Waals surface area contributed by atoms with Crippen LogP contribution in [-0.2, 0) is 6.54 Å². The van der Waals surface area contributed by atoms with E-state index in [-0.39, 0.29) is 24.2 Å². The van der Waals surface area contributed by atoms with E-state index < -0.39 is 0 Å². The lowest BCUT2D eigenvalue weighted by atomic mass is 10.2. The molecule has 0 saturated carbocycles. The summed E-state index contributed by atoms with van der Waals surface area (Å²) in [6, 6.07) is 7.38. The molecule has 1 aromatic carbocycles. The second-order valence-corrected chi connectivity index (χ2v) is 6.10. The van der Waals surface area contributed by atoms with Crippen LogP contribution in [0.3, 0.4) is 0 Å². The minimum absolute atomic E-state index is 0.201. The van der Waals surface area contributed by atoms with Gasteiger partial charge in [-0.05, 0) is 37.5 Å². The fraction of sp³-hybridized carbons (Fsp3) is 0.421. The molecule has 0 aliphatic heterocycles. The molecule has 26 heavy (non-hydrogen) atoms. The Kier molecular flexibility index (Phi) is 7.20. The molecule has 2 aromatic rings. The Balaban J connectivity index is 2.02. The summed E-state index contributed by atoms with van der Waals surface area (Å²) in [4.78, 5) is 30.3. The van der Waals surface area contributed by atoms with Crippen molar-refractivity contribution in [3.05, 3.63) is 47.7 Å². The van der Waals surface area contributed by atoms with Crippen molar-refractivity contribution in [2.75, 3.05) is 18.4 Å². The van der Waals surface area contributed by atoms with Crippen molar-refractivity contribution in [1.29, 1.82) is 0 Å². The number of nitrogens with zero attached hydrogens (tertiary/aromatic N) is 2. The second kappa shape index (κ2) is 9.60. The van der Waals surface area contributed by atoms with Crippen LogP contribution in [0.1, 0.15) is 48.6 Å². The van der Waals surface area contributed by atoms with Crippen LogP contribution < -0.4 is 10.6 Å². The lowest BCUT2D eigenvalue weighted by molar-refractivity contribution is 0.0948. The van der Waals surface area contributed by atoms with Crippen LogP contribution in [0.2, 0.25) is 0 Å². The molecule has 0 fully saturated rings. The largest absolute Gasteiger partial charge is 0.446 e. The van der Waals surface area contributed by atoms with E-state index in [1.165, 1.54) is 6.26 Å². The fourth-order valence-electron chi connectivity index (χ4n) is 2.43. The van der Waals surface area contributed by atoms with Gasteiger partial charge in [-0.15, -0.1) is 0 Å². The van der Waals surface area contributed by atoms with E-state index in [2.05, 4.69) is 15.6 Å². The number of hydrogen-bond acceptors (Lipinski definition) is 4. The molecular formula is C19H26N4O3. The van der Waals surface area contributed by atoms with Crippen LogP contribution in [0.5, 0.6) is 0 Å². The summed E-state index contributed by atoms with van der Waals surface area (Å²) in [5, 5.41) is 5.63. The molecule has 2 N–H and O–H groups in total. The van der Waals surface area contributed by atoms with Gasteiger partial charge in [-0.2, -0.15) is 0 Å². The first-order chi connectivity index (χ1) is 12.5. The van der Waals surface area contributed by atoms with Crippen molar-refractivity contribution < 1.29 is 14.0 Å². The number of anilines is 1. The number of hydrogen-bond donors (Lipinski definition) is 2. The van der Waals surface area contributed by atoms with E-state index in [4.69, 9.17) is 4.42 Å². The van der Waals surface area contributed by atoms with Crippen LogP contribution in [0.25, 0.3) is 0 Å². The monoisotopic (exact) mass is 358 g/mol. The first-order valence-corrected chi connectivity index (χ1v) is 8.88. The number of carbonyl (C=O) groups excluding carboxylic acids is 2. The summed E-state index contributed by atoms with van der Waals surface area (Å²) in [6.07, 6.45) is 2.97. The lowest BCUT2D eigenvalue weighted by Gasteiger charge is -2.21. The number of urea groups is 1. The molecule has 0 unspecified atom stereocenters. The van der Waals surface area contributed by atoms with E-state index >= 15 is 0 Å². The van der Waals surface area contributed by atoms with E-state index in [0.29, 0.717) is 19.0 Å². The summed E-state index contributed by atoms with van der Waals surface area (Å²) < 4.78 is 5.37. The minimum Gasteiger partial charge on any atom is -0.446 e. The average Bonchev–Trinajstić information content (AvgIpc) is 3.08. The van der Waals surface area contributed by atoms with Crippen molar-refractivity contribution >= 4 is 17.6 Å². The second-order valence-electron chi connectivity index (χ2n) is 6.10. The zero-order chi connectivity index (χ0) is 18.9. The summed E-state index contributed by atoms with van der Waals surface area (Å²) in [5.74, 6) is 0.0626. The number of aromatic nitrogens is 1. The summed E-state index contributed by atoms with van der Waals surface area (Å²) in [6.45, 7) is 7.28. The number of benzene rings is 1. The smallest absolute Gasteiger partial charge is 0.322 e. The van der Waals surface area contributed by atoms with Gasteiger partial charge < -0.3 is 20.0 Å². The molecular weight excluding hydrogens is 332 g/mol. The first-order valence-electron chi connectivity index (χ1n) is 8.88. The highest BCUT2D eigenvalue weighted by atomic mass is 16.3. The van der Waals surface area contributed by atoms with Crippen LogP contribution in [0, 0.1) is 6.92 Å². The van der Waals surface area contributed by atoms with Crippen molar-refractivity contribution in [2.24, 2.45) is 0 Å². The fourth-order valence-corrected chi connectivity index (χ4v) is 2.43. The predicted molar refractivity (Wildman–Crippen MR) is 100 cm³/mol. The van der Waals surface area contributed by atoms with Gasteiger partial charge in [0, 0.05) is 18.8 Å². The summed E-state index contributed by atoms with van der Waals surface area (Å²) in [5.41, 5.74) is 2.03. The predicted octanol–water partition coefficient (Wildman–Crippen LogP) is 3.57. The number of amides is 3. The van der Waals surface area contributed by atoms with E-state index in [1.807, 2.05) is 45.0 Å². The highest BCUT2D eigenvalue weighted by molar-refractivity contribution is 5.92. The number of nitrogens with one attached hydrogen (secondary N) is 2. The van der Waals surface area contributed by atoms with Gasteiger partial charge in [0.1, 0.15) is 6.26 Å². The van der Waals surface area contributed by atoms with Crippen molar-refractivity contribution in [3.63, 3.8) is 0 Å². The maximum atomic E-state index is 12.6. The summed E-state index contributed by atoms with van der Waals surface area (Å²) in [7, 11) is 0. The third-order valence-corrected chi connectivity index (χ3v) is 3.70. The zero-order valence-corrected chi connectivity index (χ0v) is 15.5. The van der Waals surface area contributed by atoms with E-state index in [1.54, 1.807) is 4.90 Å². The molecule has 1 heterocycles. The molecule has 2 rings (SSSR count). The zero-order valence-electron chi connectivity index (χ0n) is 15.5. The Labute approximate surface area is 153 Å².